The second kappa shape index (κ2) is 26.1. The van der Waals surface area contributed by atoms with Gasteiger partial charge < -0.3 is 39.1 Å². The molecule has 0 aliphatic heterocycles. The Morgan fingerprint density at radius 1 is 0.556 bits per heavy atom. The third kappa shape index (κ3) is 26.6. The molecule has 0 spiro atoms. The molecule has 0 saturated carbocycles. The van der Waals surface area contributed by atoms with Crippen molar-refractivity contribution in [2.45, 2.75) is 39.5 Å². The molecule has 0 aromatic heterocycles. The van der Waals surface area contributed by atoms with Crippen molar-refractivity contribution in [1.29, 1.82) is 0 Å². The fourth-order valence-electron chi connectivity index (χ4n) is 2.60. The maximum atomic E-state index is 11.7. The summed E-state index contributed by atoms with van der Waals surface area (Å²) in [7, 11) is 0. The third-order valence-electron chi connectivity index (χ3n) is 4.34. The molecular weight excluding hydrogens is 476 g/mol. The van der Waals surface area contributed by atoms with Crippen LogP contribution < -0.4 is 10.6 Å². The lowest BCUT2D eigenvalue weighted by molar-refractivity contribution is -0.127. The molecule has 0 aliphatic carbocycles. The zero-order chi connectivity index (χ0) is 26.7. The molecule has 2 amide bonds. The Labute approximate surface area is 214 Å². The summed E-state index contributed by atoms with van der Waals surface area (Å²) in [6, 6.07) is 0. The van der Waals surface area contributed by atoms with Crippen LogP contribution in [0.5, 0.6) is 0 Å². The number of ketones is 2. The largest absolute Gasteiger partial charge is 0.379 e. The van der Waals surface area contributed by atoms with Crippen molar-refractivity contribution in [1.82, 2.24) is 10.6 Å². The van der Waals surface area contributed by atoms with Gasteiger partial charge in [0.25, 0.3) is 0 Å². The second-order valence-electron chi connectivity index (χ2n) is 7.76. The molecule has 0 unspecified atom stereocenters. The SMILES string of the molecule is CCCC(=O)COCCOCCNC(=O)COCCOCCCC(=O)COCCOCCNC(C)=O. The number of hydrogen-bond donors (Lipinski definition) is 2. The molecule has 12 nitrogen and oxygen atoms in total. The van der Waals surface area contributed by atoms with Gasteiger partial charge in [0.2, 0.25) is 11.8 Å². The Hall–Kier alpha value is -1.96. The van der Waals surface area contributed by atoms with E-state index in [1.54, 1.807) is 0 Å². The maximum Gasteiger partial charge on any atom is 0.246 e. The van der Waals surface area contributed by atoms with Crippen LogP contribution in [0.25, 0.3) is 0 Å². The molecule has 0 radical (unpaired) electrons. The molecule has 36 heavy (non-hydrogen) atoms. The lowest BCUT2D eigenvalue weighted by Crippen LogP contribution is -2.31. The van der Waals surface area contributed by atoms with E-state index in [1.807, 2.05) is 6.92 Å². The van der Waals surface area contributed by atoms with E-state index in [0.29, 0.717) is 85.2 Å². The zero-order valence-electron chi connectivity index (χ0n) is 21.8. The highest BCUT2D eigenvalue weighted by atomic mass is 16.5. The van der Waals surface area contributed by atoms with Gasteiger partial charge >= 0.3 is 0 Å². The lowest BCUT2D eigenvalue weighted by Gasteiger charge is -2.08. The fourth-order valence-corrected chi connectivity index (χ4v) is 2.60. The molecule has 0 heterocycles. The normalized spacial score (nSPS) is 10.8. The quantitative estimate of drug-likeness (QED) is 0.142. The van der Waals surface area contributed by atoms with Crippen LogP contribution in [0.3, 0.4) is 0 Å². The van der Waals surface area contributed by atoms with Gasteiger partial charge in [-0.15, -0.1) is 0 Å². The van der Waals surface area contributed by atoms with Gasteiger partial charge in [0.15, 0.2) is 11.6 Å². The molecule has 0 aromatic rings. The number of amides is 2. The fraction of sp³-hybridized carbons (Fsp3) is 0.833. The number of Topliss-reactive ketones (excluding diaryl/α,β-unsaturated/α-hetero) is 2. The summed E-state index contributed by atoms with van der Waals surface area (Å²) < 4.78 is 31.6. The van der Waals surface area contributed by atoms with E-state index in [9.17, 15) is 19.2 Å². The molecular formula is C24H44N2O10. The minimum atomic E-state index is -0.247. The first-order valence-electron chi connectivity index (χ1n) is 12.5. The smallest absolute Gasteiger partial charge is 0.246 e. The van der Waals surface area contributed by atoms with Crippen LogP contribution in [0, 0.1) is 0 Å². The van der Waals surface area contributed by atoms with E-state index in [2.05, 4.69) is 10.6 Å². The van der Waals surface area contributed by atoms with Crippen molar-refractivity contribution >= 4 is 23.4 Å². The number of carbonyl (C=O) groups is 4. The van der Waals surface area contributed by atoms with Crippen LogP contribution in [0.1, 0.15) is 39.5 Å². The topological polar surface area (TPSA) is 148 Å². The van der Waals surface area contributed by atoms with E-state index in [-0.39, 0.29) is 49.8 Å². The van der Waals surface area contributed by atoms with Gasteiger partial charge in [-0.3, -0.25) is 19.2 Å². The van der Waals surface area contributed by atoms with E-state index in [0.717, 1.165) is 6.42 Å². The molecule has 12 heteroatoms. The van der Waals surface area contributed by atoms with Crippen molar-refractivity contribution in [3.8, 4) is 0 Å². The van der Waals surface area contributed by atoms with Gasteiger partial charge in [-0.05, 0) is 12.8 Å². The monoisotopic (exact) mass is 520 g/mol. The van der Waals surface area contributed by atoms with Crippen LogP contribution in [0.2, 0.25) is 0 Å². The summed E-state index contributed by atoms with van der Waals surface area (Å²) in [4.78, 5) is 45.3. The van der Waals surface area contributed by atoms with Crippen LogP contribution in [0.15, 0.2) is 0 Å². The molecule has 0 aliphatic rings. The minimum Gasteiger partial charge on any atom is -0.379 e. The maximum absolute atomic E-state index is 11.7. The van der Waals surface area contributed by atoms with E-state index in [4.69, 9.17) is 28.4 Å². The Bertz CT molecular complexity index is 589. The number of hydrogen-bond acceptors (Lipinski definition) is 10. The Morgan fingerprint density at radius 2 is 1.03 bits per heavy atom. The molecule has 2 N–H and O–H groups in total. The Morgan fingerprint density at radius 3 is 1.58 bits per heavy atom. The van der Waals surface area contributed by atoms with Crippen molar-refractivity contribution in [3.63, 3.8) is 0 Å². The summed E-state index contributed by atoms with van der Waals surface area (Å²) in [6.07, 6.45) is 2.28. The summed E-state index contributed by atoms with van der Waals surface area (Å²) in [5.41, 5.74) is 0. The van der Waals surface area contributed by atoms with E-state index in [1.165, 1.54) is 6.92 Å². The van der Waals surface area contributed by atoms with Gasteiger partial charge in [0.05, 0.1) is 52.9 Å². The Kier molecular flexibility index (Phi) is 24.7. The van der Waals surface area contributed by atoms with Crippen molar-refractivity contribution < 1.29 is 47.6 Å². The van der Waals surface area contributed by atoms with Crippen LogP contribution in [-0.2, 0) is 47.6 Å². The molecule has 0 bridgehead atoms. The predicted molar refractivity (Wildman–Crippen MR) is 131 cm³/mol. The summed E-state index contributed by atoms with van der Waals surface area (Å²) in [5, 5.41) is 5.29. The third-order valence-corrected chi connectivity index (χ3v) is 4.34. The van der Waals surface area contributed by atoms with Gasteiger partial charge in [0.1, 0.15) is 19.8 Å². The van der Waals surface area contributed by atoms with Crippen LogP contribution in [0.4, 0.5) is 0 Å². The number of carbonyl (C=O) groups excluding carboxylic acids is 4. The molecule has 0 fully saturated rings. The average molecular weight is 521 g/mol. The van der Waals surface area contributed by atoms with Gasteiger partial charge in [0, 0.05) is 39.5 Å². The highest BCUT2D eigenvalue weighted by Crippen LogP contribution is 1.94. The highest BCUT2D eigenvalue weighted by Gasteiger charge is 2.04. The summed E-state index contributed by atoms with van der Waals surface area (Å²) in [6.45, 7) is 7.42. The van der Waals surface area contributed by atoms with Gasteiger partial charge in [-0.1, -0.05) is 6.92 Å². The molecule has 0 atom stereocenters. The average Bonchev–Trinajstić information content (AvgIpc) is 2.84. The van der Waals surface area contributed by atoms with Crippen LogP contribution in [-0.4, -0.2) is 116 Å². The first kappa shape index (κ1) is 34.0. The lowest BCUT2D eigenvalue weighted by atomic mass is 10.2. The van der Waals surface area contributed by atoms with E-state index < -0.39 is 0 Å². The summed E-state index contributed by atoms with van der Waals surface area (Å²) >= 11 is 0. The van der Waals surface area contributed by atoms with Crippen molar-refractivity contribution in [2.75, 3.05) is 92.4 Å². The van der Waals surface area contributed by atoms with Gasteiger partial charge in [-0.2, -0.15) is 0 Å². The predicted octanol–water partition coefficient (Wildman–Crippen LogP) is 0.0568. The minimum absolute atomic E-state index is 0.0108. The molecule has 0 rings (SSSR count). The Balaban J connectivity index is 3.31. The van der Waals surface area contributed by atoms with Gasteiger partial charge in [-0.25, -0.2) is 0 Å². The number of ether oxygens (including phenoxy) is 6. The first-order valence-corrected chi connectivity index (χ1v) is 12.5. The second-order valence-corrected chi connectivity index (χ2v) is 7.76. The van der Waals surface area contributed by atoms with E-state index >= 15 is 0 Å². The van der Waals surface area contributed by atoms with Crippen molar-refractivity contribution in [3.05, 3.63) is 0 Å². The molecule has 0 aromatic carbocycles. The number of nitrogens with one attached hydrogen (secondary N) is 2. The molecule has 0 saturated heterocycles. The standard InChI is InChI=1S/C24H44N2O10/c1-3-5-22(28)18-34-15-14-33-11-8-26-24(30)20-36-17-12-31-9-4-6-23(29)19-35-16-13-32-10-7-25-21(2)27/h3-20H2,1-2H3,(H,25,27)(H,26,30). The number of rotatable bonds is 27. The highest BCUT2D eigenvalue weighted by molar-refractivity contribution is 5.79. The zero-order valence-corrected chi connectivity index (χ0v) is 21.8. The van der Waals surface area contributed by atoms with Crippen LogP contribution >= 0.6 is 0 Å². The summed E-state index contributed by atoms with van der Waals surface area (Å²) in [5.74, 6) is -0.274. The van der Waals surface area contributed by atoms with Crippen molar-refractivity contribution in [2.24, 2.45) is 0 Å². The molecule has 210 valence electrons. The first-order chi connectivity index (χ1) is 17.5.